The number of aromatic nitrogens is 3. The van der Waals surface area contributed by atoms with Crippen molar-refractivity contribution in [2.24, 2.45) is 0 Å². The second kappa shape index (κ2) is 2.70. The standard InChI is InChI=1S/C8H6F3N3/c1-4-2-3-12-7-5(4)6(13-14-7)8(9,10)11/h2-3H,1H3,(H,12,13,14). The topological polar surface area (TPSA) is 41.6 Å². The van der Waals surface area contributed by atoms with Crippen molar-refractivity contribution in [2.45, 2.75) is 13.1 Å². The van der Waals surface area contributed by atoms with Gasteiger partial charge in [-0.05, 0) is 18.6 Å². The Kier molecular flexibility index (Phi) is 1.73. The highest BCUT2D eigenvalue weighted by Gasteiger charge is 2.36. The Labute approximate surface area is 77.0 Å². The largest absolute Gasteiger partial charge is 0.435 e. The number of nitrogens with one attached hydrogen (secondary N) is 1. The van der Waals surface area contributed by atoms with E-state index in [1.54, 1.807) is 6.92 Å². The number of nitrogens with zero attached hydrogens (tertiary/aromatic N) is 2. The first kappa shape index (κ1) is 8.98. The van der Waals surface area contributed by atoms with Crippen LogP contribution in [-0.2, 0) is 6.18 Å². The van der Waals surface area contributed by atoms with Crippen molar-refractivity contribution in [3.8, 4) is 0 Å². The molecule has 2 rings (SSSR count). The lowest BCUT2D eigenvalue weighted by Crippen LogP contribution is -2.06. The SMILES string of the molecule is Cc1ccnc2[nH]nc(C(F)(F)F)c12. The molecule has 0 aromatic carbocycles. The van der Waals surface area contributed by atoms with Gasteiger partial charge in [0.25, 0.3) is 0 Å². The Bertz CT molecular complexity index is 472. The Morgan fingerprint density at radius 1 is 1.36 bits per heavy atom. The molecule has 2 aromatic rings. The molecular formula is C8H6F3N3. The minimum Gasteiger partial charge on any atom is -0.260 e. The Hall–Kier alpha value is -1.59. The molecule has 1 N–H and O–H groups in total. The molecule has 2 aromatic heterocycles. The number of pyridine rings is 1. The number of aromatic amines is 1. The zero-order chi connectivity index (χ0) is 10.3. The van der Waals surface area contributed by atoms with Crippen LogP contribution in [0.1, 0.15) is 11.3 Å². The first-order valence-corrected chi connectivity index (χ1v) is 3.87. The van der Waals surface area contributed by atoms with Crippen LogP contribution < -0.4 is 0 Å². The zero-order valence-electron chi connectivity index (χ0n) is 7.18. The van der Waals surface area contributed by atoms with Gasteiger partial charge in [0.05, 0.1) is 5.39 Å². The van der Waals surface area contributed by atoms with Crippen LogP contribution >= 0.6 is 0 Å². The molecule has 0 aliphatic carbocycles. The molecular weight excluding hydrogens is 195 g/mol. The molecule has 2 heterocycles. The number of H-pyrrole nitrogens is 1. The van der Waals surface area contributed by atoms with Crippen LogP contribution in [0.25, 0.3) is 11.0 Å². The third-order valence-electron chi connectivity index (χ3n) is 1.94. The Morgan fingerprint density at radius 2 is 2.07 bits per heavy atom. The lowest BCUT2D eigenvalue weighted by molar-refractivity contribution is -0.139. The van der Waals surface area contributed by atoms with Gasteiger partial charge in [-0.1, -0.05) is 0 Å². The van der Waals surface area contributed by atoms with Gasteiger partial charge in [-0.25, -0.2) is 4.98 Å². The van der Waals surface area contributed by atoms with E-state index in [1.165, 1.54) is 12.3 Å². The first-order chi connectivity index (χ1) is 6.50. The summed E-state index contributed by atoms with van der Waals surface area (Å²) >= 11 is 0. The van der Waals surface area contributed by atoms with Gasteiger partial charge in [0, 0.05) is 6.20 Å². The highest BCUT2D eigenvalue weighted by atomic mass is 19.4. The van der Waals surface area contributed by atoms with E-state index in [0.717, 1.165) is 0 Å². The van der Waals surface area contributed by atoms with Gasteiger partial charge >= 0.3 is 6.18 Å². The molecule has 0 aliphatic heterocycles. The summed E-state index contributed by atoms with van der Waals surface area (Å²) in [5.74, 6) is 0. The van der Waals surface area contributed by atoms with Crippen LogP contribution in [-0.4, -0.2) is 15.2 Å². The molecule has 0 amide bonds. The fraction of sp³-hybridized carbons (Fsp3) is 0.250. The molecule has 74 valence electrons. The van der Waals surface area contributed by atoms with Crippen molar-refractivity contribution in [3.63, 3.8) is 0 Å². The number of rotatable bonds is 0. The Morgan fingerprint density at radius 3 is 2.71 bits per heavy atom. The van der Waals surface area contributed by atoms with E-state index in [-0.39, 0.29) is 11.0 Å². The van der Waals surface area contributed by atoms with Crippen molar-refractivity contribution < 1.29 is 13.2 Å². The van der Waals surface area contributed by atoms with Gasteiger partial charge in [-0.15, -0.1) is 0 Å². The van der Waals surface area contributed by atoms with Gasteiger partial charge in [0.15, 0.2) is 11.3 Å². The maximum absolute atomic E-state index is 12.4. The summed E-state index contributed by atoms with van der Waals surface area (Å²) in [7, 11) is 0. The maximum Gasteiger partial charge on any atom is 0.435 e. The first-order valence-electron chi connectivity index (χ1n) is 3.87. The fourth-order valence-corrected chi connectivity index (χ4v) is 1.31. The third kappa shape index (κ3) is 1.23. The van der Waals surface area contributed by atoms with Crippen LogP contribution in [0.15, 0.2) is 12.3 Å². The van der Waals surface area contributed by atoms with Crippen molar-refractivity contribution >= 4 is 11.0 Å². The van der Waals surface area contributed by atoms with Gasteiger partial charge < -0.3 is 0 Å². The number of fused-ring (bicyclic) bond motifs is 1. The van der Waals surface area contributed by atoms with E-state index in [2.05, 4.69) is 15.2 Å². The summed E-state index contributed by atoms with van der Waals surface area (Å²) in [6, 6.07) is 1.52. The molecule has 0 fully saturated rings. The van der Waals surface area contributed by atoms with Crippen LogP contribution in [0.3, 0.4) is 0 Å². The minimum absolute atomic E-state index is 0.0417. The molecule has 0 atom stereocenters. The third-order valence-corrected chi connectivity index (χ3v) is 1.94. The van der Waals surface area contributed by atoms with E-state index >= 15 is 0 Å². The predicted molar refractivity (Wildman–Crippen MR) is 43.6 cm³/mol. The van der Waals surface area contributed by atoms with Crippen molar-refractivity contribution in [1.82, 2.24) is 15.2 Å². The second-order valence-corrected chi connectivity index (χ2v) is 2.92. The highest BCUT2D eigenvalue weighted by molar-refractivity contribution is 5.81. The fourth-order valence-electron chi connectivity index (χ4n) is 1.31. The van der Waals surface area contributed by atoms with Gasteiger partial charge in [0.2, 0.25) is 0 Å². The van der Waals surface area contributed by atoms with Crippen LogP contribution in [0, 0.1) is 6.92 Å². The number of alkyl halides is 3. The number of hydrogen-bond donors (Lipinski definition) is 1. The molecule has 0 radical (unpaired) electrons. The number of halogens is 3. The predicted octanol–water partition coefficient (Wildman–Crippen LogP) is 2.29. The molecule has 0 saturated carbocycles. The summed E-state index contributed by atoms with van der Waals surface area (Å²) in [4.78, 5) is 3.76. The van der Waals surface area contributed by atoms with Crippen molar-refractivity contribution in [3.05, 3.63) is 23.5 Å². The van der Waals surface area contributed by atoms with Crippen molar-refractivity contribution in [2.75, 3.05) is 0 Å². The smallest absolute Gasteiger partial charge is 0.260 e. The number of hydrogen-bond acceptors (Lipinski definition) is 2. The lowest BCUT2D eigenvalue weighted by atomic mass is 10.1. The molecule has 6 heteroatoms. The summed E-state index contributed by atoms with van der Waals surface area (Å²) in [5, 5.41) is 5.51. The van der Waals surface area contributed by atoms with Crippen LogP contribution in [0.2, 0.25) is 0 Å². The second-order valence-electron chi connectivity index (χ2n) is 2.92. The Balaban J connectivity index is 2.80. The number of aryl methyl sites for hydroxylation is 1. The average molecular weight is 201 g/mol. The molecule has 0 aliphatic rings. The summed E-state index contributed by atoms with van der Waals surface area (Å²) in [5.41, 5.74) is -0.230. The normalized spacial score (nSPS) is 12.3. The monoisotopic (exact) mass is 201 g/mol. The van der Waals surface area contributed by atoms with E-state index in [0.29, 0.717) is 5.56 Å². The summed E-state index contributed by atoms with van der Waals surface area (Å²) < 4.78 is 37.3. The molecule has 0 bridgehead atoms. The van der Waals surface area contributed by atoms with E-state index < -0.39 is 11.9 Å². The zero-order valence-corrected chi connectivity index (χ0v) is 7.18. The molecule has 14 heavy (non-hydrogen) atoms. The van der Waals surface area contributed by atoms with E-state index in [9.17, 15) is 13.2 Å². The summed E-state index contributed by atoms with van der Waals surface area (Å²) in [6.07, 6.45) is -3.00. The van der Waals surface area contributed by atoms with Crippen LogP contribution in [0.5, 0.6) is 0 Å². The quantitative estimate of drug-likeness (QED) is 0.710. The van der Waals surface area contributed by atoms with E-state index in [4.69, 9.17) is 0 Å². The maximum atomic E-state index is 12.4. The molecule has 3 nitrogen and oxygen atoms in total. The lowest BCUT2D eigenvalue weighted by Gasteiger charge is -2.03. The minimum atomic E-state index is -4.44. The average Bonchev–Trinajstić information content (AvgIpc) is 2.47. The molecule has 0 saturated heterocycles. The van der Waals surface area contributed by atoms with Crippen molar-refractivity contribution in [1.29, 1.82) is 0 Å². The van der Waals surface area contributed by atoms with Crippen LogP contribution in [0.4, 0.5) is 13.2 Å². The molecule has 0 spiro atoms. The van der Waals surface area contributed by atoms with E-state index in [1.807, 2.05) is 0 Å². The summed E-state index contributed by atoms with van der Waals surface area (Å²) in [6.45, 7) is 1.59. The molecule has 0 unspecified atom stereocenters. The van der Waals surface area contributed by atoms with Gasteiger partial charge in [0.1, 0.15) is 0 Å². The highest BCUT2D eigenvalue weighted by Crippen LogP contribution is 2.33. The van der Waals surface area contributed by atoms with Gasteiger partial charge in [-0.3, -0.25) is 5.10 Å². The van der Waals surface area contributed by atoms with Gasteiger partial charge in [-0.2, -0.15) is 18.3 Å².